The first-order chi connectivity index (χ1) is 18.1. The number of nitrogens with one attached hydrogen (secondary N) is 1. The predicted molar refractivity (Wildman–Crippen MR) is 145 cm³/mol. The summed E-state index contributed by atoms with van der Waals surface area (Å²) in [6.45, 7) is 6.09. The minimum Gasteiger partial charge on any atom is -0.352 e. The topological polar surface area (TPSA) is 74.5 Å². The van der Waals surface area contributed by atoms with Gasteiger partial charge in [0, 0.05) is 30.2 Å². The first kappa shape index (κ1) is 25.9. The van der Waals surface area contributed by atoms with E-state index in [9.17, 15) is 4.79 Å². The van der Waals surface area contributed by atoms with Crippen molar-refractivity contribution in [3.8, 4) is 11.4 Å². The zero-order valence-corrected chi connectivity index (χ0v) is 22.1. The Balaban J connectivity index is 1.11. The van der Waals surface area contributed by atoms with Crippen LogP contribution < -0.4 is 5.32 Å². The number of benzene rings is 2. The number of hydrogen-bond acceptors (Lipinski definition) is 6. The van der Waals surface area contributed by atoms with Crippen molar-refractivity contribution in [1.29, 1.82) is 0 Å². The van der Waals surface area contributed by atoms with E-state index in [4.69, 9.17) is 16.1 Å². The second-order valence-corrected chi connectivity index (χ2v) is 10.8. The van der Waals surface area contributed by atoms with Crippen LogP contribution in [0.25, 0.3) is 11.4 Å². The average molecular weight is 522 g/mol. The summed E-state index contributed by atoms with van der Waals surface area (Å²) >= 11 is 5.97. The first-order valence-electron chi connectivity index (χ1n) is 13.5. The molecule has 1 amide bonds. The van der Waals surface area contributed by atoms with Gasteiger partial charge in [-0.15, -0.1) is 0 Å². The molecule has 0 spiro atoms. The summed E-state index contributed by atoms with van der Waals surface area (Å²) in [5.74, 6) is 1.20. The quantitative estimate of drug-likeness (QED) is 0.434. The lowest BCUT2D eigenvalue weighted by Crippen LogP contribution is -2.42. The number of rotatable bonds is 8. The molecule has 2 aliphatic rings. The molecule has 3 heterocycles. The maximum atomic E-state index is 13.0. The largest absolute Gasteiger partial charge is 0.352 e. The second-order valence-electron chi connectivity index (χ2n) is 10.3. The van der Waals surface area contributed by atoms with Gasteiger partial charge in [0.05, 0.1) is 12.5 Å². The number of likely N-dealkylation sites (tertiary alicyclic amines) is 2. The molecule has 7 nitrogen and oxygen atoms in total. The van der Waals surface area contributed by atoms with Gasteiger partial charge < -0.3 is 9.84 Å². The molecule has 2 saturated heterocycles. The highest BCUT2D eigenvalue weighted by Crippen LogP contribution is 2.22. The lowest BCUT2D eigenvalue weighted by Gasteiger charge is -2.30. The Morgan fingerprint density at radius 3 is 2.51 bits per heavy atom. The summed E-state index contributed by atoms with van der Waals surface area (Å²) in [6.07, 6.45) is 7.16. The fourth-order valence-corrected chi connectivity index (χ4v) is 5.49. The maximum Gasteiger partial charge on any atom is 0.241 e. The van der Waals surface area contributed by atoms with Crippen LogP contribution in [0.3, 0.4) is 0 Å². The Hall–Kier alpha value is -2.74. The van der Waals surface area contributed by atoms with Crippen LogP contribution in [0.15, 0.2) is 53.1 Å². The van der Waals surface area contributed by atoms with Gasteiger partial charge >= 0.3 is 0 Å². The van der Waals surface area contributed by atoms with Gasteiger partial charge in [-0.1, -0.05) is 53.9 Å². The molecular formula is C29H36ClN5O2. The smallest absolute Gasteiger partial charge is 0.241 e. The van der Waals surface area contributed by atoms with E-state index in [2.05, 4.69) is 49.5 Å². The van der Waals surface area contributed by atoms with Crippen molar-refractivity contribution in [3.05, 3.63) is 70.6 Å². The molecule has 2 aliphatic heterocycles. The van der Waals surface area contributed by atoms with E-state index in [1.165, 1.54) is 44.3 Å². The van der Waals surface area contributed by atoms with Crippen molar-refractivity contribution in [2.45, 2.75) is 58.2 Å². The van der Waals surface area contributed by atoms with Crippen LogP contribution in [0.4, 0.5) is 0 Å². The van der Waals surface area contributed by atoms with Crippen LogP contribution in [0.2, 0.25) is 5.02 Å². The van der Waals surface area contributed by atoms with E-state index >= 15 is 0 Å². The lowest BCUT2D eigenvalue weighted by molar-refractivity contribution is -0.127. The highest BCUT2D eigenvalue weighted by molar-refractivity contribution is 6.30. The van der Waals surface area contributed by atoms with Gasteiger partial charge in [0.25, 0.3) is 0 Å². The van der Waals surface area contributed by atoms with Crippen LogP contribution >= 0.6 is 11.6 Å². The van der Waals surface area contributed by atoms with Gasteiger partial charge in [0.15, 0.2) is 0 Å². The summed E-state index contributed by atoms with van der Waals surface area (Å²) in [5, 5.41) is 7.96. The molecule has 0 bridgehead atoms. The van der Waals surface area contributed by atoms with E-state index in [1.807, 2.05) is 24.3 Å². The molecule has 196 valence electrons. The van der Waals surface area contributed by atoms with E-state index in [0.717, 1.165) is 37.1 Å². The fourth-order valence-electron chi connectivity index (χ4n) is 5.36. The van der Waals surface area contributed by atoms with Crippen LogP contribution in [0.5, 0.6) is 0 Å². The predicted octanol–water partition coefficient (Wildman–Crippen LogP) is 5.29. The van der Waals surface area contributed by atoms with Gasteiger partial charge in [0.1, 0.15) is 0 Å². The third-order valence-electron chi connectivity index (χ3n) is 7.37. The molecule has 8 heteroatoms. The summed E-state index contributed by atoms with van der Waals surface area (Å²) < 4.78 is 5.49. The molecule has 2 fully saturated rings. The average Bonchev–Trinajstić information content (AvgIpc) is 3.22. The van der Waals surface area contributed by atoms with E-state index in [0.29, 0.717) is 36.4 Å². The fraction of sp³-hybridized carbons (Fsp3) is 0.483. The third kappa shape index (κ3) is 7.40. The van der Waals surface area contributed by atoms with Gasteiger partial charge in [-0.3, -0.25) is 14.6 Å². The van der Waals surface area contributed by atoms with Crippen LogP contribution in [0, 0.1) is 5.92 Å². The van der Waals surface area contributed by atoms with E-state index in [1.54, 1.807) is 0 Å². The minimum atomic E-state index is -0.0345. The van der Waals surface area contributed by atoms with Crippen molar-refractivity contribution >= 4 is 17.5 Å². The molecule has 5 rings (SSSR count). The lowest BCUT2D eigenvalue weighted by atomic mass is 9.97. The van der Waals surface area contributed by atoms with E-state index < -0.39 is 0 Å². The number of carbonyl (C=O) groups is 1. The molecule has 1 atom stereocenters. The normalized spacial score (nSPS) is 19.4. The highest BCUT2D eigenvalue weighted by Gasteiger charge is 2.27. The monoisotopic (exact) mass is 521 g/mol. The van der Waals surface area contributed by atoms with Gasteiger partial charge in [0.2, 0.25) is 17.6 Å². The van der Waals surface area contributed by atoms with Gasteiger partial charge in [-0.05, 0) is 80.7 Å². The van der Waals surface area contributed by atoms with Crippen molar-refractivity contribution in [3.63, 3.8) is 0 Å². The number of halogens is 1. The zero-order valence-electron chi connectivity index (χ0n) is 21.4. The summed E-state index contributed by atoms with van der Waals surface area (Å²) in [6, 6.07) is 16.0. The summed E-state index contributed by atoms with van der Waals surface area (Å²) in [4.78, 5) is 22.3. The number of piperidine rings is 1. The molecule has 0 aliphatic carbocycles. The number of nitrogens with zero attached hydrogens (tertiary/aromatic N) is 4. The van der Waals surface area contributed by atoms with Crippen LogP contribution in [0.1, 0.15) is 55.5 Å². The molecule has 1 aromatic heterocycles. The standard InChI is InChI=1S/C29H36ClN5O2/c30-26-12-10-24(11-13-26)28-32-27(37-33-28)21-35-16-6-9-25(20-35)29(36)31-18-22-7-5-8-23(17-22)19-34-14-3-1-2-4-15-34/h5,7-8,10-13,17,25H,1-4,6,9,14-16,18-21H2,(H,31,36). The third-order valence-corrected chi connectivity index (χ3v) is 7.62. The minimum absolute atomic E-state index is 0.0345. The SMILES string of the molecule is O=C(NCc1cccc(CN2CCCCCC2)c1)C1CCCN(Cc2nc(-c3ccc(Cl)cc3)no2)C1. The highest BCUT2D eigenvalue weighted by atomic mass is 35.5. The molecule has 2 aromatic carbocycles. The number of hydrogen-bond donors (Lipinski definition) is 1. The van der Waals surface area contributed by atoms with Crippen molar-refractivity contribution in [2.75, 3.05) is 26.2 Å². The first-order valence-corrected chi connectivity index (χ1v) is 13.9. The Labute approximate surface area is 224 Å². The number of carbonyl (C=O) groups excluding carboxylic acids is 1. The molecule has 1 N–H and O–H groups in total. The number of aromatic nitrogens is 2. The van der Waals surface area contributed by atoms with Crippen LogP contribution in [-0.2, 0) is 24.4 Å². The van der Waals surface area contributed by atoms with Crippen molar-refractivity contribution in [2.24, 2.45) is 5.92 Å². The molecular weight excluding hydrogens is 486 g/mol. The Morgan fingerprint density at radius 2 is 1.70 bits per heavy atom. The summed E-state index contributed by atoms with van der Waals surface area (Å²) in [5.41, 5.74) is 3.36. The molecule has 0 saturated carbocycles. The van der Waals surface area contributed by atoms with E-state index in [-0.39, 0.29) is 11.8 Å². The molecule has 37 heavy (non-hydrogen) atoms. The molecule has 3 aromatic rings. The summed E-state index contributed by atoms with van der Waals surface area (Å²) in [7, 11) is 0. The maximum absolute atomic E-state index is 13.0. The Bertz CT molecular complexity index is 1160. The van der Waals surface area contributed by atoms with Crippen molar-refractivity contribution < 1.29 is 9.32 Å². The van der Waals surface area contributed by atoms with Crippen molar-refractivity contribution in [1.82, 2.24) is 25.3 Å². The zero-order chi connectivity index (χ0) is 25.5. The second kappa shape index (κ2) is 12.7. The Kier molecular flexibility index (Phi) is 8.87. The van der Waals surface area contributed by atoms with Crippen LogP contribution in [-0.4, -0.2) is 52.0 Å². The Morgan fingerprint density at radius 1 is 0.946 bits per heavy atom. The van der Waals surface area contributed by atoms with Gasteiger partial charge in [-0.25, -0.2) is 0 Å². The van der Waals surface area contributed by atoms with Gasteiger partial charge in [-0.2, -0.15) is 4.98 Å². The molecule has 1 unspecified atom stereocenters. The number of amides is 1. The molecule has 0 radical (unpaired) electrons.